The van der Waals surface area contributed by atoms with Crippen molar-refractivity contribution in [3.63, 3.8) is 0 Å². The molecule has 1 amide bonds. The van der Waals surface area contributed by atoms with Gasteiger partial charge in [-0.25, -0.2) is 0 Å². The van der Waals surface area contributed by atoms with Gasteiger partial charge in [-0.1, -0.05) is 37.5 Å². The van der Waals surface area contributed by atoms with Crippen molar-refractivity contribution in [3.8, 4) is 5.75 Å². The number of nitrogens with one attached hydrogen (secondary N) is 3. The van der Waals surface area contributed by atoms with Gasteiger partial charge in [0.25, 0.3) is 0 Å². The van der Waals surface area contributed by atoms with Gasteiger partial charge in [-0.05, 0) is 38.3 Å². The average molecular weight is 502 g/mol. The van der Waals surface area contributed by atoms with Crippen molar-refractivity contribution in [2.24, 2.45) is 4.99 Å². The number of aliphatic imine (C=N–C) groups is 1. The molecule has 0 bridgehead atoms. The first kappa shape index (κ1) is 24.5. The Bertz CT molecular complexity index is 618. The third-order valence-electron chi connectivity index (χ3n) is 4.82. The van der Waals surface area contributed by atoms with Gasteiger partial charge in [-0.2, -0.15) is 0 Å². The van der Waals surface area contributed by atoms with Crippen molar-refractivity contribution in [2.75, 3.05) is 20.1 Å². The second kappa shape index (κ2) is 13.6. The normalized spacial score (nSPS) is 15.9. The molecule has 1 saturated carbocycles. The zero-order valence-corrected chi connectivity index (χ0v) is 19.6. The number of ether oxygens (including phenoxy) is 1. The zero-order chi connectivity index (χ0) is 19.5. The highest BCUT2D eigenvalue weighted by atomic mass is 127. The van der Waals surface area contributed by atoms with Crippen molar-refractivity contribution < 1.29 is 9.53 Å². The first-order valence-electron chi connectivity index (χ1n) is 10.0. The molecular formula is C21H35IN4O2. The first-order valence-corrected chi connectivity index (χ1v) is 10.0. The molecule has 7 heteroatoms. The summed E-state index contributed by atoms with van der Waals surface area (Å²) in [4.78, 5) is 16.3. The van der Waals surface area contributed by atoms with Crippen molar-refractivity contribution in [1.29, 1.82) is 0 Å². The van der Waals surface area contributed by atoms with Crippen molar-refractivity contribution in [1.82, 2.24) is 16.0 Å². The molecule has 3 N–H and O–H groups in total. The Balaban J connectivity index is 0.00000392. The van der Waals surface area contributed by atoms with Crippen LogP contribution in [0, 0.1) is 6.92 Å². The number of amides is 1. The van der Waals surface area contributed by atoms with E-state index in [0.717, 1.165) is 24.2 Å². The Morgan fingerprint density at radius 3 is 2.61 bits per heavy atom. The molecule has 1 fully saturated rings. The number of nitrogens with zero attached hydrogens (tertiary/aromatic N) is 1. The SMILES string of the molecule is CN=C(NCCC(=O)NC1CCCCC1)NCC(C)Oc1ccccc1C.I. The highest BCUT2D eigenvalue weighted by molar-refractivity contribution is 14.0. The fourth-order valence-corrected chi connectivity index (χ4v) is 3.25. The number of hydrogen-bond donors (Lipinski definition) is 3. The highest BCUT2D eigenvalue weighted by Gasteiger charge is 2.15. The molecule has 158 valence electrons. The molecule has 0 saturated heterocycles. The largest absolute Gasteiger partial charge is 0.489 e. The van der Waals surface area contributed by atoms with Crippen LogP contribution in [0.5, 0.6) is 5.75 Å². The smallest absolute Gasteiger partial charge is 0.221 e. The predicted octanol–water partition coefficient (Wildman–Crippen LogP) is 3.38. The van der Waals surface area contributed by atoms with E-state index in [1.165, 1.54) is 19.3 Å². The Morgan fingerprint density at radius 1 is 1.21 bits per heavy atom. The maximum Gasteiger partial charge on any atom is 0.221 e. The second-order valence-corrected chi connectivity index (χ2v) is 7.23. The van der Waals surface area contributed by atoms with E-state index in [0.29, 0.717) is 31.5 Å². The van der Waals surface area contributed by atoms with Crippen LogP contribution in [0.15, 0.2) is 29.3 Å². The number of carbonyl (C=O) groups is 1. The van der Waals surface area contributed by atoms with E-state index in [1.54, 1.807) is 7.05 Å². The number of aryl methyl sites for hydroxylation is 1. The Hall–Kier alpha value is -1.51. The van der Waals surface area contributed by atoms with Crippen molar-refractivity contribution >= 4 is 35.8 Å². The fraction of sp³-hybridized carbons (Fsp3) is 0.619. The third-order valence-corrected chi connectivity index (χ3v) is 4.82. The molecule has 0 aliphatic heterocycles. The second-order valence-electron chi connectivity index (χ2n) is 7.23. The Kier molecular flexibility index (Phi) is 11.9. The summed E-state index contributed by atoms with van der Waals surface area (Å²) >= 11 is 0. The van der Waals surface area contributed by atoms with Gasteiger partial charge in [0.1, 0.15) is 11.9 Å². The maximum absolute atomic E-state index is 12.1. The number of guanidine groups is 1. The van der Waals surface area contributed by atoms with E-state index in [-0.39, 0.29) is 36.0 Å². The van der Waals surface area contributed by atoms with Gasteiger partial charge >= 0.3 is 0 Å². The van der Waals surface area contributed by atoms with Crippen LogP contribution < -0.4 is 20.7 Å². The lowest BCUT2D eigenvalue weighted by Gasteiger charge is -2.23. The third kappa shape index (κ3) is 9.12. The first-order chi connectivity index (χ1) is 13.1. The van der Waals surface area contributed by atoms with E-state index in [2.05, 4.69) is 20.9 Å². The minimum atomic E-state index is -0.000694. The molecule has 0 radical (unpaired) electrons. The molecule has 0 spiro atoms. The van der Waals surface area contributed by atoms with Crippen molar-refractivity contribution in [2.45, 2.75) is 64.5 Å². The van der Waals surface area contributed by atoms with E-state index in [9.17, 15) is 4.79 Å². The molecule has 2 rings (SSSR count). The Labute approximate surface area is 186 Å². The molecule has 1 aliphatic carbocycles. The van der Waals surface area contributed by atoms with Crippen LogP contribution in [-0.4, -0.2) is 44.1 Å². The molecule has 1 aromatic carbocycles. The summed E-state index contributed by atoms with van der Waals surface area (Å²) in [5.41, 5.74) is 1.12. The number of rotatable bonds is 8. The van der Waals surface area contributed by atoms with Gasteiger partial charge in [0.15, 0.2) is 5.96 Å². The number of carbonyl (C=O) groups excluding carboxylic acids is 1. The van der Waals surface area contributed by atoms with Gasteiger partial charge in [0, 0.05) is 26.1 Å². The summed E-state index contributed by atoms with van der Waals surface area (Å²) in [7, 11) is 1.73. The fourth-order valence-electron chi connectivity index (χ4n) is 3.25. The number of benzene rings is 1. The molecule has 28 heavy (non-hydrogen) atoms. The summed E-state index contributed by atoms with van der Waals surface area (Å²) < 4.78 is 5.96. The zero-order valence-electron chi connectivity index (χ0n) is 17.3. The summed E-state index contributed by atoms with van der Waals surface area (Å²) in [5, 5.41) is 9.57. The number of hydrogen-bond acceptors (Lipinski definition) is 3. The molecule has 1 unspecified atom stereocenters. The molecule has 1 atom stereocenters. The standard InChI is InChI=1S/C21H34N4O2.HI/c1-16-9-7-8-12-19(16)27-17(2)15-24-21(22-3)23-14-13-20(26)25-18-10-5-4-6-11-18;/h7-9,12,17-18H,4-6,10-11,13-15H2,1-3H3,(H,25,26)(H2,22,23,24);1H. The Morgan fingerprint density at radius 2 is 1.93 bits per heavy atom. The lowest BCUT2D eigenvalue weighted by molar-refractivity contribution is -0.121. The minimum absolute atomic E-state index is 0. The van der Waals surface area contributed by atoms with E-state index in [4.69, 9.17) is 4.74 Å². The minimum Gasteiger partial charge on any atom is -0.489 e. The van der Waals surface area contributed by atoms with Crippen LogP contribution in [0.3, 0.4) is 0 Å². The molecule has 6 nitrogen and oxygen atoms in total. The van der Waals surface area contributed by atoms with E-state index >= 15 is 0 Å². The molecular weight excluding hydrogens is 467 g/mol. The van der Waals surface area contributed by atoms with Crippen molar-refractivity contribution in [3.05, 3.63) is 29.8 Å². The monoisotopic (exact) mass is 502 g/mol. The quantitative estimate of drug-likeness (QED) is 0.290. The summed E-state index contributed by atoms with van der Waals surface area (Å²) in [6.07, 6.45) is 6.42. The molecule has 1 aromatic rings. The number of halogens is 1. The van der Waals surface area contributed by atoms with Gasteiger partial charge in [0.05, 0.1) is 6.54 Å². The summed E-state index contributed by atoms with van der Waals surface area (Å²) in [5.74, 6) is 1.69. The number of para-hydroxylation sites is 1. The van der Waals surface area contributed by atoms with E-state index in [1.807, 2.05) is 38.1 Å². The van der Waals surface area contributed by atoms with Crippen LogP contribution in [0.25, 0.3) is 0 Å². The van der Waals surface area contributed by atoms with Crippen LogP contribution in [-0.2, 0) is 4.79 Å². The molecule has 0 heterocycles. The van der Waals surface area contributed by atoms with E-state index < -0.39 is 0 Å². The van der Waals surface area contributed by atoms with Crippen LogP contribution in [0.2, 0.25) is 0 Å². The predicted molar refractivity (Wildman–Crippen MR) is 126 cm³/mol. The average Bonchev–Trinajstić information content (AvgIpc) is 2.67. The highest BCUT2D eigenvalue weighted by Crippen LogP contribution is 2.18. The summed E-state index contributed by atoms with van der Waals surface area (Å²) in [6, 6.07) is 8.35. The van der Waals surface area contributed by atoms with Crippen LogP contribution in [0.4, 0.5) is 0 Å². The van der Waals surface area contributed by atoms with Gasteiger partial charge in [-0.15, -0.1) is 24.0 Å². The van der Waals surface area contributed by atoms with Crippen LogP contribution in [0.1, 0.15) is 51.0 Å². The lowest BCUT2D eigenvalue weighted by atomic mass is 9.95. The molecule has 0 aromatic heterocycles. The van der Waals surface area contributed by atoms with Gasteiger partial charge in [0.2, 0.25) is 5.91 Å². The lowest BCUT2D eigenvalue weighted by Crippen LogP contribution is -2.43. The topological polar surface area (TPSA) is 74.8 Å². The van der Waals surface area contributed by atoms with Gasteiger partial charge < -0.3 is 20.7 Å². The summed E-state index contributed by atoms with van der Waals surface area (Å²) in [6.45, 7) is 5.24. The van der Waals surface area contributed by atoms with Gasteiger partial charge in [-0.3, -0.25) is 9.79 Å². The molecule has 1 aliphatic rings. The maximum atomic E-state index is 12.1. The van der Waals surface area contributed by atoms with Crippen LogP contribution >= 0.6 is 24.0 Å².